The fourth-order valence-corrected chi connectivity index (χ4v) is 1.64. The van der Waals surface area contributed by atoms with Crippen LogP contribution in [0.4, 0.5) is 0 Å². The molecule has 18 heavy (non-hydrogen) atoms. The Labute approximate surface area is 109 Å². The zero-order chi connectivity index (χ0) is 13.4. The second-order valence-corrected chi connectivity index (χ2v) is 4.27. The molecule has 0 fully saturated rings. The lowest BCUT2D eigenvalue weighted by atomic mass is 9.98. The van der Waals surface area contributed by atoms with E-state index in [2.05, 4.69) is 19.2 Å². The van der Waals surface area contributed by atoms with Gasteiger partial charge in [0, 0.05) is 13.1 Å². The van der Waals surface area contributed by atoms with Gasteiger partial charge in [0.1, 0.15) is 5.75 Å². The van der Waals surface area contributed by atoms with Crippen molar-refractivity contribution in [1.82, 2.24) is 5.32 Å². The molecule has 0 aromatic heterocycles. The molecule has 0 aliphatic rings. The quantitative estimate of drug-likeness (QED) is 0.773. The van der Waals surface area contributed by atoms with E-state index in [1.54, 1.807) is 0 Å². The van der Waals surface area contributed by atoms with E-state index in [0.29, 0.717) is 19.0 Å². The third kappa shape index (κ3) is 4.37. The van der Waals surface area contributed by atoms with Crippen LogP contribution in [-0.4, -0.2) is 25.6 Å². The molecule has 100 valence electrons. The standard InChI is InChI=1S/C14H22N2O2/c1-3-11(2)12-6-4-5-7-13(12)18-10-14(17)16-9-8-15/h4-7,11H,3,8-10,15H2,1-2H3,(H,16,17). The first-order chi connectivity index (χ1) is 8.69. The molecular formula is C14H22N2O2. The maximum absolute atomic E-state index is 11.4. The number of hydrogen-bond donors (Lipinski definition) is 2. The maximum Gasteiger partial charge on any atom is 0.257 e. The van der Waals surface area contributed by atoms with Gasteiger partial charge in [-0.25, -0.2) is 0 Å². The Morgan fingerprint density at radius 3 is 2.83 bits per heavy atom. The van der Waals surface area contributed by atoms with Crippen LogP contribution >= 0.6 is 0 Å². The van der Waals surface area contributed by atoms with E-state index < -0.39 is 0 Å². The Morgan fingerprint density at radius 1 is 1.44 bits per heavy atom. The summed E-state index contributed by atoms with van der Waals surface area (Å²) < 4.78 is 5.57. The van der Waals surface area contributed by atoms with Crippen molar-refractivity contribution >= 4 is 5.91 Å². The summed E-state index contributed by atoms with van der Waals surface area (Å²) in [7, 11) is 0. The molecule has 1 rings (SSSR count). The van der Waals surface area contributed by atoms with Gasteiger partial charge in [0.05, 0.1) is 0 Å². The molecule has 0 saturated carbocycles. The molecule has 0 bridgehead atoms. The second-order valence-electron chi connectivity index (χ2n) is 4.27. The summed E-state index contributed by atoms with van der Waals surface area (Å²) in [6.07, 6.45) is 1.04. The van der Waals surface area contributed by atoms with Gasteiger partial charge in [-0.3, -0.25) is 4.79 Å². The van der Waals surface area contributed by atoms with Gasteiger partial charge < -0.3 is 15.8 Å². The molecule has 3 N–H and O–H groups in total. The van der Waals surface area contributed by atoms with E-state index in [0.717, 1.165) is 17.7 Å². The van der Waals surface area contributed by atoms with Gasteiger partial charge in [-0.2, -0.15) is 0 Å². The molecule has 0 heterocycles. The predicted molar refractivity (Wildman–Crippen MR) is 72.7 cm³/mol. The summed E-state index contributed by atoms with van der Waals surface area (Å²) >= 11 is 0. The van der Waals surface area contributed by atoms with Gasteiger partial charge in [0.2, 0.25) is 0 Å². The van der Waals surface area contributed by atoms with Crippen LogP contribution in [-0.2, 0) is 4.79 Å². The number of amides is 1. The molecule has 1 unspecified atom stereocenters. The van der Waals surface area contributed by atoms with Crippen LogP contribution in [0.15, 0.2) is 24.3 Å². The summed E-state index contributed by atoms with van der Waals surface area (Å²) in [5, 5.41) is 2.68. The SMILES string of the molecule is CCC(C)c1ccccc1OCC(=O)NCCN. The van der Waals surface area contributed by atoms with Crippen LogP contribution in [0.5, 0.6) is 5.75 Å². The highest BCUT2D eigenvalue weighted by molar-refractivity contribution is 5.77. The predicted octanol–water partition coefficient (Wildman–Crippen LogP) is 1.65. The number of carbonyl (C=O) groups is 1. The largest absolute Gasteiger partial charge is 0.483 e. The first-order valence-electron chi connectivity index (χ1n) is 6.37. The number of para-hydroxylation sites is 1. The first kappa shape index (κ1) is 14.5. The van der Waals surface area contributed by atoms with Crippen LogP contribution in [0, 0.1) is 0 Å². The Balaban J connectivity index is 2.59. The van der Waals surface area contributed by atoms with Gasteiger partial charge in [-0.05, 0) is 24.0 Å². The van der Waals surface area contributed by atoms with Crippen molar-refractivity contribution in [3.63, 3.8) is 0 Å². The van der Waals surface area contributed by atoms with Crippen LogP contribution in [0.3, 0.4) is 0 Å². The molecule has 0 radical (unpaired) electrons. The summed E-state index contributed by atoms with van der Waals surface area (Å²) in [5.41, 5.74) is 6.46. The number of nitrogens with two attached hydrogens (primary N) is 1. The third-order valence-corrected chi connectivity index (χ3v) is 2.89. The lowest BCUT2D eigenvalue weighted by Crippen LogP contribution is -2.33. The molecule has 0 aliphatic heterocycles. The molecule has 1 aromatic carbocycles. The monoisotopic (exact) mass is 250 g/mol. The molecule has 1 atom stereocenters. The van der Waals surface area contributed by atoms with Crippen molar-refractivity contribution in [1.29, 1.82) is 0 Å². The molecule has 1 aromatic rings. The van der Waals surface area contributed by atoms with E-state index in [4.69, 9.17) is 10.5 Å². The van der Waals surface area contributed by atoms with E-state index >= 15 is 0 Å². The van der Waals surface area contributed by atoms with Crippen LogP contribution < -0.4 is 15.8 Å². The highest BCUT2D eigenvalue weighted by atomic mass is 16.5. The number of carbonyl (C=O) groups excluding carboxylic acids is 1. The molecule has 4 nitrogen and oxygen atoms in total. The number of rotatable bonds is 7. The van der Waals surface area contributed by atoms with Gasteiger partial charge in [0.25, 0.3) is 5.91 Å². The second kappa shape index (κ2) is 7.71. The van der Waals surface area contributed by atoms with E-state index in [-0.39, 0.29) is 12.5 Å². The van der Waals surface area contributed by atoms with Crippen molar-refractivity contribution in [3.05, 3.63) is 29.8 Å². The minimum absolute atomic E-state index is 0.0352. The molecule has 0 aliphatic carbocycles. The minimum atomic E-state index is -0.139. The van der Waals surface area contributed by atoms with E-state index in [1.807, 2.05) is 24.3 Å². The van der Waals surface area contributed by atoms with E-state index in [9.17, 15) is 4.79 Å². The van der Waals surface area contributed by atoms with Crippen molar-refractivity contribution in [2.45, 2.75) is 26.2 Å². The van der Waals surface area contributed by atoms with Gasteiger partial charge in [0.15, 0.2) is 6.61 Å². The number of nitrogens with one attached hydrogen (secondary N) is 1. The molecule has 4 heteroatoms. The zero-order valence-electron chi connectivity index (χ0n) is 11.1. The highest BCUT2D eigenvalue weighted by Gasteiger charge is 2.10. The zero-order valence-corrected chi connectivity index (χ0v) is 11.1. The fraction of sp³-hybridized carbons (Fsp3) is 0.500. The molecule has 1 amide bonds. The topological polar surface area (TPSA) is 64.3 Å². The molecular weight excluding hydrogens is 228 g/mol. The summed E-state index contributed by atoms with van der Waals surface area (Å²) in [5.74, 6) is 1.07. The van der Waals surface area contributed by atoms with Gasteiger partial charge in [-0.15, -0.1) is 0 Å². The Bertz CT molecular complexity index is 380. The Morgan fingerprint density at radius 2 is 2.17 bits per heavy atom. The average Bonchev–Trinajstić information content (AvgIpc) is 2.42. The van der Waals surface area contributed by atoms with Gasteiger partial charge >= 0.3 is 0 Å². The van der Waals surface area contributed by atoms with Crippen LogP contribution in [0.25, 0.3) is 0 Å². The summed E-state index contributed by atoms with van der Waals surface area (Å²) in [4.78, 5) is 11.4. The molecule has 0 saturated heterocycles. The minimum Gasteiger partial charge on any atom is -0.483 e. The van der Waals surface area contributed by atoms with Crippen molar-refractivity contribution in [2.24, 2.45) is 5.73 Å². The first-order valence-corrected chi connectivity index (χ1v) is 6.37. The third-order valence-electron chi connectivity index (χ3n) is 2.89. The average molecular weight is 250 g/mol. The van der Waals surface area contributed by atoms with Crippen molar-refractivity contribution in [2.75, 3.05) is 19.7 Å². The summed E-state index contributed by atoms with van der Waals surface area (Å²) in [6.45, 7) is 5.24. The van der Waals surface area contributed by atoms with Crippen LogP contribution in [0.1, 0.15) is 31.7 Å². The van der Waals surface area contributed by atoms with Gasteiger partial charge in [-0.1, -0.05) is 32.0 Å². The Hall–Kier alpha value is -1.55. The van der Waals surface area contributed by atoms with Crippen molar-refractivity contribution in [3.8, 4) is 5.75 Å². The van der Waals surface area contributed by atoms with Crippen LogP contribution in [0.2, 0.25) is 0 Å². The lowest BCUT2D eigenvalue weighted by molar-refractivity contribution is -0.123. The smallest absolute Gasteiger partial charge is 0.257 e. The van der Waals surface area contributed by atoms with Crippen molar-refractivity contribution < 1.29 is 9.53 Å². The normalized spacial score (nSPS) is 11.9. The Kier molecular flexibility index (Phi) is 6.22. The highest BCUT2D eigenvalue weighted by Crippen LogP contribution is 2.28. The molecule has 0 spiro atoms. The fourth-order valence-electron chi connectivity index (χ4n) is 1.64. The number of benzene rings is 1. The lowest BCUT2D eigenvalue weighted by Gasteiger charge is -2.15. The summed E-state index contributed by atoms with van der Waals surface area (Å²) in [6, 6.07) is 7.85. The van der Waals surface area contributed by atoms with E-state index in [1.165, 1.54) is 0 Å². The maximum atomic E-state index is 11.4. The number of ether oxygens (including phenoxy) is 1. The number of hydrogen-bond acceptors (Lipinski definition) is 3.